The van der Waals surface area contributed by atoms with Gasteiger partial charge in [0.25, 0.3) is 0 Å². The van der Waals surface area contributed by atoms with Gasteiger partial charge in [-0.3, -0.25) is 9.59 Å². The van der Waals surface area contributed by atoms with E-state index in [-0.39, 0.29) is 17.8 Å². The summed E-state index contributed by atoms with van der Waals surface area (Å²) in [5.41, 5.74) is 9.26. The van der Waals surface area contributed by atoms with Crippen molar-refractivity contribution in [2.75, 3.05) is 17.3 Å². The summed E-state index contributed by atoms with van der Waals surface area (Å²) in [5.74, 6) is -0.492. The zero-order valence-electron chi connectivity index (χ0n) is 20.6. The molecule has 36 heavy (non-hydrogen) atoms. The lowest BCUT2D eigenvalue weighted by Gasteiger charge is -2.27. The molecule has 0 spiro atoms. The number of anilines is 2. The van der Waals surface area contributed by atoms with E-state index in [2.05, 4.69) is 16.0 Å². The van der Waals surface area contributed by atoms with E-state index in [0.717, 1.165) is 27.3 Å². The lowest BCUT2D eigenvalue weighted by molar-refractivity contribution is -0.130. The van der Waals surface area contributed by atoms with Crippen LogP contribution in [0.2, 0.25) is 0 Å². The van der Waals surface area contributed by atoms with Crippen LogP contribution < -0.4 is 26.6 Å². The summed E-state index contributed by atoms with van der Waals surface area (Å²) >= 11 is 1.62. The highest BCUT2D eigenvalue weighted by molar-refractivity contribution is 7.10. The topological polar surface area (TPSA) is 117 Å². The Bertz CT molecular complexity index is 1260. The number of carbonyl (C=O) groups is 3. The van der Waals surface area contributed by atoms with Crippen LogP contribution in [0.4, 0.5) is 16.2 Å². The smallest absolute Gasteiger partial charge is 0.318 e. The fraction of sp³-hybridized carbons (Fsp3) is 0.296. The van der Waals surface area contributed by atoms with E-state index in [4.69, 9.17) is 5.73 Å². The average molecular weight is 506 g/mol. The molecule has 5 N–H and O–H groups in total. The predicted molar refractivity (Wildman–Crippen MR) is 144 cm³/mol. The van der Waals surface area contributed by atoms with Gasteiger partial charge < -0.3 is 26.6 Å². The first-order valence-corrected chi connectivity index (χ1v) is 12.7. The molecule has 1 aromatic heterocycles. The van der Waals surface area contributed by atoms with Crippen LogP contribution in [0, 0.1) is 0 Å². The van der Waals surface area contributed by atoms with Crippen molar-refractivity contribution >= 4 is 40.6 Å². The normalized spacial score (nSPS) is 15.6. The van der Waals surface area contributed by atoms with E-state index in [1.165, 1.54) is 0 Å². The van der Waals surface area contributed by atoms with E-state index in [9.17, 15) is 14.4 Å². The molecule has 2 heterocycles. The second-order valence-electron chi connectivity index (χ2n) is 9.39. The highest BCUT2D eigenvalue weighted by Crippen LogP contribution is 2.34. The SMILES string of the molecule is CNC(=O)Nc1ccccc1-c1ccc(CN2C(=O)[C@H](NC(=O)C(C)(C)N)CCc3sccc32)cc1. The van der Waals surface area contributed by atoms with Crippen LogP contribution in [0.25, 0.3) is 11.1 Å². The van der Waals surface area contributed by atoms with E-state index in [1.54, 1.807) is 37.1 Å². The third-order valence-electron chi connectivity index (χ3n) is 6.14. The number of rotatable bonds is 6. The zero-order valence-corrected chi connectivity index (χ0v) is 21.4. The van der Waals surface area contributed by atoms with Crippen molar-refractivity contribution in [1.82, 2.24) is 10.6 Å². The molecule has 0 bridgehead atoms. The summed E-state index contributed by atoms with van der Waals surface area (Å²) in [6.07, 6.45) is 1.23. The molecule has 0 fully saturated rings. The third kappa shape index (κ3) is 5.58. The molecule has 1 aliphatic rings. The van der Waals surface area contributed by atoms with E-state index in [1.807, 2.05) is 60.0 Å². The molecule has 0 saturated carbocycles. The summed E-state index contributed by atoms with van der Waals surface area (Å²) in [6, 6.07) is 16.5. The van der Waals surface area contributed by atoms with Gasteiger partial charge in [0.2, 0.25) is 11.8 Å². The molecule has 0 radical (unpaired) electrons. The number of amides is 4. The maximum absolute atomic E-state index is 13.6. The number of nitrogens with two attached hydrogens (primary N) is 1. The summed E-state index contributed by atoms with van der Waals surface area (Å²) in [5, 5.41) is 10.3. The molecule has 0 aliphatic carbocycles. The van der Waals surface area contributed by atoms with E-state index in [0.29, 0.717) is 25.1 Å². The van der Waals surface area contributed by atoms with Crippen LogP contribution in [0.5, 0.6) is 0 Å². The summed E-state index contributed by atoms with van der Waals surface area (Å²) in [7, 11) is 1.57. The molecule has 2 aromatic carbocycles. The number of benzene rings is 2. The first-order valence-electron chi connectivity index (χ1n) is 11.8. The Morgan fingerprint density at radius 2 is 1.83 bits per heavy atom. The van der Waals surface area contributed by atoms with Crippen molar-refractivity contribution < 1.29 is 14.4 Å². The molecule has 1 atom stereocenters. The average Bonchev–Trinajstić information content (AvgIpc) is 3.28. The summed E-state index contributed by atoms with van der Waals surface area (Å²) in [6.45, 7) is 3.63. The Kier molecular flexibility index (Phi) is 7.42. The summed E-state index contributed by atoms with van der Waals surface area (Å²) < 4.78 is 0. The van der Waals surface area contributed by atoms with Gasteiger partial charge in [0.15, 0.2) is 0 Å². The molecule has 8 nitrogen and oxygen atoms in total. The molecule has 4 rings (SSSR count). The molecular weight excluding hydrogens is 474 g/mol. The molecule has 3 aromatic rings. The van der Waals surface area contributed by atoms with Gasteiger partial charge in [0, 0.05) is 17.5 Å². The van der Waals surface area contributed by atoms with E-state index < -0.39 is 11.6 Å². The molecule has 9 heteroatoms. The maximum Gasteiger partial charge on any atom is 0.318 e. The first kappa shape index (κ1) is 25.4. The number of fused-ring (bicyclic) bond motifs is 1. The van der Waals surface area contributed by atoms with Crippen LogP contribution in [0.15, 0.2) is 60.0 Å². The Hall–Kier alpha value is -3.69. The fourth-order valence-corrected chi connectivity index (χ4v) is 5.01. The van der Waals surface area contributed by atoms with Gasteiger partial charge in [-0.1, -0.05) is 42.5 Å². The third-order valence-corrected chi connectivity index (χ3v) is 7.11. The number of carbonyl (C=O) groups excluding carboxylic acids is 3. The number of hydrogen-bond acceptors (Lipinski definition) is 5. The Balaban J connectivity index is 1.57. The van der Waals surface area contributed by atoms with Gasteiger partial charge in [0.05, 0.1) is 23.5 Å². The first-order chi connectivity index (χ1) is 17.2. The Morgan fingerprint density at radius 3 is 2.53 bits per heavy atom. The van der Waals surface area contributed by atoms with Gasteiger partial charge in [-0.05, 0) is 55.3 Å². The lowest BCUT2D eigenvalue weighted by atomic mass is 10.0. The number of nitrogens with zero attached hydrogens (tertiary/aromatic N) is 1. The second kappa shape index (κ2) is 10.5. The van der Waals surface area contributed by atoms with Crippen molar-refractivity contribution in [3.05, 3.63) is 70.4 Å². The van der Waals surface area contributed by atoms with Crippen molar-refractivity contribution in [2.45, 2.75) is 44.8 Å². The monoisotopic (exact) mass is 505 g/mol. The van der Waals surface area contributed by atoms with Crippen LogP contribution in [0.1, 0.15) is 30.7 Å². The minimum atomic E-state index is -1.07. The number of aryl methyl sites for hydroxylation is 1. The molecule has 0 saturated heterocycles. The van der Waals surface area contributed by atoms with Gasteiger partial charge in [-0.15, -0.1) is 11.3 Å². The molecule has 4 amide bonds. The highest BCUT2D eigenvalue weighted by Gasteiger charge is 2.34. The van der Waals surface area contributed by atoms with Crippen LogP contribution >= 0.6 is 11.3 Å². The quantitative estimate of drug-likeness (QED) is 0.407. The largest absolute Gasteiger partial charge is 0.343 e. The molecular formula is C27H31N5O3S. The fourth-order valence-electron chi connectivity index (χ4n) is 4.11. The zero-order chi connectivity index (χ0) is 25.9. The van der Waals surface area contributed by atoms with E-state index >= 15 is 0 Å². The lowest BCUT2D eigenvalue weighted by Crippen LogP contribution is -2.56. The van der Waals surface area contributed by atoms with Crippen molar-refractivity contribution in [2.24, 2.45) is 5.73 Å². The molecule has 1 aliphatic heterocycles. The van der Waals surface area contributed by atoms with Crippen LogP contribution in [-0.2, 0) is 22.6 Å². The van der Waals surface area contributed by atoms with Gasteiger partial charge in [-0.25, -0.2) is 4.79 Å². The predicted octanol–water partition coefficient (Wildman–Crippen LogP) is 3.87. The van der Waals surface area contributed by atoms with Crippen LogP contribution in [-0.4, -0.2) is 36.5 Å². The van der Waals surface area contributed by atoms with Crippen LogP contribution in [0.3, 0.4) is 0 Å². The number of nitrogens with one attached hydrogen (secondary N) is 3. The van der Waals surface area contributed by atoms with Gasteiger partial charge >= 0.3 is 6.03 Å². The number of urea groups is 1. The molecule has 0 unspecified atom stereocenters. The Labute approximate surface area is 214 Å². The van der Waals surface area contributed by atoms with Gasteiger partial charge in [0.1, 0.15) is 6.04 Å². The summed E-state index contributed by atoms with van der Waals surface area (Å²) in [4.78, 5) is 40.8. The molecule has 188 valence electrons. The van der Waals surface area contributed by atoms with Crippen molar-refractivity contribution in [1.29, 1.82) is 0 Å². The number of para-hydroxylation sites is 1. The number of hydrogen-bond donors (Lipinski definition) is 4. The standard InChI is InChI=1S/C27H31N5O3S/c1-27(2,28)25(34)30-21-12-13-23-22(14-15-36-23)32(24(21)33)16-17-8-10-18(11-9-17)19-6-4-5-7-20(19)31-26(35)29-3/h4-11,14-15,21H,12-13,16,28H2,1-3H3,(H,30,34)(H2,29,31,35)/t21-/m1/s1. The van der Waals surface area contributed by atoms with Gasteiger partial charge in [-0.2, -0.15) is 0 Å². The van der Waals surface area contributed by atoms with Crippen molar-refractivity contribution in [3.8, 4) is 11.1 Å². The minimum absolute atomic E-state index is 0.144. The second-order valence-corrected chi connectivity index (χ2v) is 10.4. The Morgan fingerprint density at radius 1 is 1.11 bits per heavy atom. The minimum Gasteiger partial charge on any atom is -0.343 e. The number of thiophene rings is 1. The van der Waals surface area contributed by atoms with Crippen molar-refractivity contribution in [3.63, 3.8) is 0 Å². The highest BCUT2D eigenvalue weighted by atomic mass is 32.1. The maximum atomic E-state index is 13.6.